The van der Waals surface area contributed by atoms with Gasteiger partial charge in [0.05, 0.1) is 25.1 Å². The first-order valence-electron chi connectivity index (χ1n) is 4.00. The molecule has 1 aliphatic rings. The molecule has 1 aliphatic heterocycles. The summed E-state index contributed by atoms with van der Waals surface area (Å²) < 4.78 is 5.20. The molecule has 0 aliphatic carbocycles. The fourth-order valence-electron chi connectivity index (χ4n) is 1.22. The minimum atomic E-state index is 0.700. The maximum atomic E-state index is 5.20. The monoisotopic (exact) mass is 162 g/mol. The largest absolute Gasteiger partial charge is 0.377 e. The maximum Gasteiger partial charge on any atom is 0.0843 e. The van der Waals surface area contributed by atoms with Gasteiger partial charge in [-0.3, -0.25) is 9.97 Å². The Morgan fingerprint density at radius 2 is 2.33 bits per heavy atom. The second kappa shape index (κ2) is 3.45. The van der Waals surface area contributed by atoms with Gasteiger partial charge >= 0.3 is 0 Å². The van der Waals surface area contributed by atoms with E-state index in [1.807, 2.05) is 0 Å². The molecule has 2 heterocycles. The van der Waals surface area contributed by atoms with Crippen LogP contribution in [0.1, 0.15) is 12.1 Å². The van der Waals surface area contributed by atoms with Crippen molar-refractivity contribution in [1.29, 1.82) is 0 Å². The Labute approximate surface area is 71.1 Å². The van der Waals surface area contributed by atoms with Gasteiger partial charge in [-0.25, -0.2) is 0 Å². The molecule has 0 unspecified atom stereocenters. The van der Waals surface area contributed by atoms with Gasteiger partial charge in [-0.1, -0.05) is 6.08 Å². The summed E-state index contributed by atoms with van der Waals surface area (Å²) in [5.74, 6) is 0. The molecule has 1 aromatic rings. The van der Waals surface area contributed by atoms with Crippen molar-refractivity contribution in [1.82, 2.24) is 9.97 Å². The maximum absolute atomic E-state index is 5.20. The zero-order valence-electron chi connectivity index (χ0n) is 6.73. The zero-order chi connectivity index (χ0) is 8.23. The fraction of sp³-hybridized carbons (Fsp3) is 0.333. The number of ether oxygens (including phenoxy) is 1. The molecule has 1 aromatic heterocycles. The van der Waals surface area contributed by atoms with E-state index >= 15 is 0 Å². The lowest BCUT2D eigenvalue weighted by Crippen LogP contribution is -2.04. The van der Waals surface area contributed by atoms with Crippen LogP contribution < -0.4 is 0 Å². The van der Waals surface area contributed by atoms with Crippen LogP contribution >= 0.6 is 0 Å². The summed E-state index contributed by atoms with van der Waals surface area (Å²) in [6.45, 7) is 1.49. The minimum absolute atomic E-state index is 0.700. The number of nitrogens with zero attached hydrogens (tertiary/aromatic N) is 2. The van der Waals surface area contributed by atoms with Crippen molar-refractivity contribution in [2.75, 3.05) is 13.2 Å². The van der Waals surface area contributed by atoms with E-state index in [1.54, 1.807) is 18.6 Å². The molecular formula is C9H10N2O. The second-order valence-corrected chi connectivity index (χ2v) is 2.64. The number of hydrogen-bond acceptors (Lipinski definition) is 3. The van der Waals surface area contributed by atoms with Crippen molar-refractivity contribution >= 4 is 5.57 Å². The van der Waals surface area contributed by atoms with E-state index in [-0.39, 0.29) is 0 Å². The number of aromatic nitrogens is 2. The van der Waals surface area contributed by atoms with Gasteiger partial charge in [0.1, 0.15) is 0 Å². The van der Waals surface area contributed by atoms with E-state index in [0.29, 0.717) is 6.61 Å². The Kier molecular flexibility index (Phi) is 2.14. The van der Waals surface area contributed by atoms with Crippen LogP contribution in [0.3, 0.4) is 0 Å². The summed E-state index contributed by atoms with van der Waals surface area (Å²) in [5.41, 5.74) is 2.22. The summed E-state index contributed by atoms with van der Waals surface area (Å²) in [6.07, 6.45) is 8.19. The molecule has 0 N–H and O–H groups in total. The quantitative estimate of drug-likeness (QED) is 0.624. The highest BCUT2D eigenvalue weighted by Gasteiger charge is 2.06. The standard InChI is InChI=1S/C9H10N2O/c1-5-12-6-2-8(1)9-7-10-3-4-11-9/h1,3-4,7H,2,5-6H2. The first-order valence-corrected chi connectivity index (χ1v) is 4.00. The third-order valence-electron chi connectivity index (χ3n) is 1.86. The SMILES string of the molecule is C1=C(c2cnccn2)CCOC1. The van der Waals surface area contributed by atoms with Gasteiger partial charge in [0.15, 0.2) is 0 Å². The highest BCUT2D eigenvalue weighted by atomic mass is 16.5. The molecule has 0 amide bonds. The molecule has 0 saturated heterocycles. The lowest BCUT2D eigenvalue weighted by atomic mass is 10.1. The molecule has 0 aromatic carbocycles. The zero-order valence-corrected chi connectivity index (χ0v) is 6.73. The highest BCUT2D eigenvalue weighted by Crippen LogP contribution is 2.17. The molecule has 2 rings (SSSR count). The van der Waals surface area contributed by atoms with E-state index in [2.05, 4.69) is 16.0 Å². The van der Waals surface area contributed by atoms with Gasteiger partial charge in [-0.2, -0.15) is 0 Å². The molecule has 0 spiro atoms. The lowest BCUT2D eigenvalue weighted by Gasteiger charge is -2.11. The molecule has 3 nitrogen and oxygen atoms in total. The Morgan fingerprint density at radius 3 is 3.00 bits per heavy atom. The van der Waals surface area contributed by atoms with Gasteiger partial charge in [0.25, 0.3) is 0 Å². The molecule has 0 fully saturated rings. The summed E-state index contributed by atoms with van der Waals surface area (Å²) in [5, 5.41) is 0. The third-order valence-corrected chi connectivity index (χ3v) is 1.86. The molecule has 0 saturated carbocycles. The first-order chi connectivity index (χ1) is 5.97. The average Bonchev–Trinajstić information content (AvgIpc) is 2.21. The van der Waals surface area contributed by atoms with Gasteiger partial charge in [0, 0.05) is 12.4 Å². The second-order valence-electron chi connectivity index (χ2n) is 2.64. The predicted molar refractivity (Wildman–Crippen MR) is 45.4 cm³/mol. The summed E-state index contributed by atoms with van der Waals surface area (Å²) in [6, 6.07) is 0. The van der Waals surface area contributed by atoms with Gasteiger partial charge in [-0.15, -0.1) is 0 Å². The Balaban J connectivity index is 2.24. The van der Waals surface area contributed by atoms with E-state index in [9.17, 15) is 0 Å². The van der Waals surface area contributed by atoms with Crippen molar-refractivity contribution in [3.63, 3.8) is 0 Å². The number of hydrogen-bond donors (Lipinski definition) is 0. The molecular weight excluding hydrogens is 152 g/mol. The average molecular weight is 162 g/mol. The topological polar surface area (TPSA) is 35.0 Å². The van der Waals surface area contributed by atoms with E-state index in [1.165, 1.54) is 5.57 Å². The van der Waals surface area contributed by atoms with Gasteiger partial charge in [-0.05, 0) is 12.0 Å². The predicted octanol–water partition coefficient (Wildman–Crippen LogP) is 1.28. The Morgan fingerprint density at radius 1 is 1.33 bits per heavy atom. The van der Waals surface area contributed by atoms with E-state index in [0.717, 1.165) is 18.7 Å². The van der Waals surface area contributed by atoms with Crippen molar-refractivity contribution in [2.45, 2.75) is 6.42 Å². The number of rotatable bonds is 1. The molecule has 12 heavy (non-hydrogen) atoms. The van der Waals surface area contributed by atoms with Crippen LogP contribution in [0.15, 0.2) is 24.7 Å². The van der Waals surface area contributed by atoms with E-state index < -0.39 is 0 Å². The van der Waals surface area contributed by atoms with Gasteiger partial charge in [0.2, 0.25) is 0 Å². The van der Waals surface area contributed by atoms with Crippen LogP contribution in [-0.4, -0.2) is 23.2 Å². The highest BCUT2D eigenvalue weighted by molar-refractivity contribution is 5.62. The van der Waals surface area contributed by atoms with Crippen LogP contribution in [0.5, 0.6) is 0 Å². The smallest absolute Gasteiger partial charge is 0.0843 e. The summed E-state index contributed by atoms with van der Waals surface area (Å²) in [4.78, 5) is 8.23. The molecule has 0 bridgehead atoms. The van der Waals surface area contributed by atoms with Crippen molar-refractivity contribution < 1.29 is 4.74 Å². The molecule has 0 radical (unpaired) electrons. The first kappa shape index (κ1) is 7.43. The van der Waals surface area contributed by atoms with Crippen LogP contribution in [0, 0.1) is 0 Å². The molecule has 3 heteroatoms. The fourth-order valence-corrected chi connectivity index (χ4v) is 1.22. The van der Waals surface area contributed by atoms with Crippen LogP contribution in [0.2, 0.25) is 0 Å². The molecule has 62 valence electrons. The summed E-state index contributed by atoms with van der Waals surface area (Å²) >= 11 is 0. The normalized spacial score (nSPS) is 17.2. The van der Waals surface area contributed by atoms with Crippen LogP contribution in [0.4, 0.5) is 0 Å². The molecule has 0 atom stereocenters. The summed E-state index contributed by atoms with van der Waals surface area (Å²) in [7, 11) is 0. The van der Waals surface area contributed by atoms with Crippen LogP contribution in [-0.2, 0) is 4.74 Å². The van der Waals surface area contributed by atoms with Crippen molar-refractivity contribution in [3.05, 3.63) is 30.4 Å². The Bertz CT molecular complexity index is 282. The third kappa shape index (κ3) is 1.51. The van der Waals surface area contributed by atoms with E-state index in [4.69, 9.17) is 4.74 Å². The van der Waals surface area contributed by atoms with Gasteiger partial charge < -0.3 is 4.74 Å². The van der Waals surface area contributed by atoms with Crippen LogP contribution in [0.25, 0.3) is 5.57 Å². The minimum Gasteiger partial charge on any atom is -0.377 e. The van der Waals surface area contributed by atoms with Crippen molar-refractivity contribution in [3.8, 4) is 0 Å². The lowest BCUT2D eigenvalue weighted by molar-refractivity contribution is 0.161. The Hall–Kier alpha value is -1.22. The van der Waals surface area contributed by atoms with Crippen molar-refractivity contribution in [2.24, 2.45) is 0 Å².